The molecule has 0 spiro atoms. The van der Waals surface area contributed by atoms with Crippen LogP contribution in [0.2, 0.25) is 0 Å². The van der Waals surface area contributed by atoms with E-state index in [2.05, 4.69) is 10.0 Å². The van der Waals surface area contributed by atoms with Gasteiger partial charge in [0.15, 0.2) is 0 Å². The molecule has 1 aliphatic rings. The van der Waals surface area contributed by atoms with Gasteiger partial charge in [0.2, 0.25) is 0 Å². The van der Waals surface area contributed by atoms with Crippen LogP contribution in [-0.4, -0.2) is 86.9 Å². The summed E-state index contributed by atoms with van der Waals surface area (Å²) >= 11 is 0. The van der Waals surface area contributed by atoms with Crippen molar-refractivity contribution in [2.45, 2.75) is 63.2 Å². The minimum absolute atomic E-state index is 0.110. The molecule has 1 aliphatic heterocycles. The maximum Gasteiger partial charge on any atom is 0.321 e. The van der Waals surface area contributed by atoms with Crippen molar-refractivity contribution >= 4 is 44.1 Å². The molecule has 0 bridgehead atoms. The molecule has 0 saturated heterocycles. The molecule has 13 heteroatoms. The van der Waals surface area contributed by atoms with Crippen molar-refractivity contribution in [3.8, 4) is 5.75 Å². The van der Waals surface area contributed by atoms with Gasteiger partial charge in [0, 0.05) is 43.7 Å². The Kier molecular flexibility index (Phi) is 12.7. The Balaban J connectivity index is 1.40. The number of rotatable bonds is 8. The van der Waals surface area contributed by atoms with E-state index in [9.17, 15) is 27.5 Å². The third kappa shape index (κ3) is 9.58. The second kappa shape index (κ2) is 17.2. The second-order valence-corrected chi connectivity index (χ2v) is 15.1. The average Bonchev–Trinajstić information content (AvgIpc) is 3.12. The third-order valence-electron chi connectivity index (χ3n) is 9.26. The van der Waals surface area contributed by atoms with Crippen molar-refractivity contribution in [3.05, 3.63) is 96.3 Å². The summed E-state index contributed by atoms with van der Waals surface area (Å²) < 4.78 is 54.9. The van der Waals surface area contributed by atoms with Crippen LogP contribution in [0, 0.1) is 11.7 Å². The van der Waals surface area contributed by atoms with E-state index < -0.39 is 33.9 Å². The van der Waals surface area contributed by atoms with Gasteiger partial charge in [0.1, 0.15) is 11.6 Å². The highest BCUT2D eigenvalue weighted by Crippen LogP contribution is 2.30. The fourth-order valence-electron chi connectivity index (χ4n) is 6.17. The van der Waals surface area contributed by atoms with Crippen molar-refractivity contribution in [1.29, 1.82) is 0 Å². The summed E-state index contributed by atoms with van der Waals surface area (Å²) in [5, 5.41) is 15.2. The molecule has 5 rings (SSSR count). The zero-order chi connectivity index (χ0) is 37.4. The lowest BCUT2D eigenvalue weighted by Gasteiger charge is -2.35. The highest BCUT2D eigenvalue weighted by molar-refractivity contribution is 7.92. The van der Waals surface area contributed by atoms with E-state index >= 15 is 0 Å². The van der Waals surface area contributed by atoms with Crippen molar-refractivity contribution in [3.63, 3.8) is 0 Å². The van der Waals surface area contributed by atoms with Crippen LogP contribution in [-0.2, 0) is 14.8 Å². The van der Waals surface area contributed by atoms with E-state index in [1.807, 2.05) is 56.3 Å². The van der Waals surface area contributed by atoms with Gasteiger partial charge in [-0.05, 0) is 87.0 Å². The summed E-state index contributed by atoms with van der Waals surface area (Å²) in [6.07, 6.45) is 1.45. The molecule has 3 N–H and O–H groups in total. The Labute approximate surface area is 304 Å². The lowest BCUT2D eigenvalue weighted by Crippen LogP contribution is -2.48. The molecule has 52 heavy (non-hydrogen) atoms. The van der Waals surface area contributed by atoms with Crippen LogP contribution in [0.5, 0.6) is 5.75 Å². The summed E-state index contributed by atoms with van der Waals surface area (Å²) in [5.74, 6) is -1.06. The fraction of sp³-hybridized carbons (Fsp3) is 0.385. The van der Waals surface area contributed by atoms with Gasteiger partial charge in [-0.15, -0.1) is 0 Å². The van der Waals surface area contributed by atoms with Gasteiger partial charge in [-0.3, -0.25) is 9.52 Å². The first-order valence-corrected chi connectivity index (χ1v) is 19.0. The number of aliphatic hydroxyl groups excluding tert-OH is 1. The number of hydrogen-bond acceptors (Lipinski definition) is 7. The Hall–Kier alpha value is -4.72. The second-order valence-electron chi connectivity index (χ2n) is 13.4. The number of hydrogen-bond donors (Lipinski definition) is 3. The molecule has 4 aromatic rings. The number of benzene rings is 4. The van der Waals surface area contributed by atoms with Gasteiger partial charge >= 0.3 is 6.03 Å². The molecular formula is C39H47FN4O7S. The smallest absolute Gasteiger partial charge is 0.321 e. The fourth-order valence-corrected chi connectivity index (χ4v) is 7.22. The molecule has 0 aromatic heterocycles. The van der Waals surface area contributed by atoms with E-state index in [0.29, 0.717) is 18.7 Å². The van der Waals surface area contributed by atoms with Gasteiger partial charge in [-0.1, -0.05) is 43.3 Å². The van der Waals surface area contributed by atoms with Crippen LogP contribution in [0.3, 0.4) is 0 Å². The van der Waals surface area contributed by atoms with Crippen LogP contribution in [0.4, 0.5) is 20.6 Å². The van der Waals surface area contributed by atoms with Crippen molar-refractivity contribution < 1.29 is 37.0 Å². The van der Waals surface area contributed by atoms with Crippen molar-refractivity contribution in [1.82, 2.24) is 9.80 Å². The standard InChI is InChI=1S/C39H47FN4O7S/c1-26-23-44(27(2)25-45)38(46)34-22-31(42-52(48,49)32-18-15-30(40)16-19-32)17-20-36(34)51-28(3)10-7-8-21-50-37(26)24-43(4)39(47)41-35-14-9-12-29-11-5-6-13-33(29)35/h5-6,9,11-20,22,26-28,37,42,45H,7-8,10,21,23-25H2,1-4H3,(H,41,47)/t26-,27+,28-,37-/m1/s1. The van der Waals surface area contributed by atoms with Gasteiger partial charge in [0.25, 0.3) is 15.9 Å². The number of urea groups is 1. The SMILES string of the molecule is C[C@@H]1CCCCO[C@H](CN(C)C(=O)Nc2cccc3ccccc23)[C@H](C)CN([C@@H](C)CO)C(=O)c2cc(NS(=O)(=O)c3ccc(F)cc3)ccc2O1. The molecule has 0 fully saturated rings. The van der Waals surface area contributed by atoms with Crippen LogP contribution >= 0.6 is 0 Å². The first-order valence-electron chi connectivity index (χ1n) is 17.5. The third-order valence-corrected chi connectivity index (χ3v) is 10.7. The molecular weight excluding hydrogens is 688 g/mol. The maximum absolute atomic E-state index is 14.4. The Morgan fingerprint density at radius 2 is 1.77 bits per heavy atom. The van der Waals surface area contributed by atoms with Crippen LogP contribution in [0.1, 0.15) is 50.4 Å². The highest BCUT2D eigenvalue weighted by Gasteiger charge is 2.31. The van der Waals surface area contributed by atoms with Crippen molar-refractivity contribution in [2.24, 2.45) is 5.92 Å². The average molecular weight is 735 g/mol. The molecule has 11 nitrogen and oxygen atoms in total. The van der Waals surface area contributed by atoms with E-state index in [-0.39, 0.29) is 59.6 Å². The van der Waals surface area contributed by atoms with Gasteiger partial charge in [-0.25, -0.2) is 17.6 Å². The monoisotopic (exact) mass is 734 g/mol. The van der Waals surface area contributed by atoms with Gasteiger partial charge < -0.3 is 29.7 Å². The Morgan fingerprint density at radius 3 is 2.52 bits per heavy atom. The Bertz CT molecular complexity index is 1950. The summed E-state index contributed by atoms with van der Waals surface area (Å²) in [6.45, 7) is 6.05. The summed E-state index contributed by atoms with van der Waals surface area (Å²) in [4.78, 5) is 30.8. The number of likely N-dealkylation sites (N-methyl/N-ethyl adjacent to an activating group) is 1. The van der Waals surface area contributed by atoms with Gasteiger partial charge in [0.05, 0.1) is 41.0 Å². The lowest BCUT2D eigenvalue weighted by molar-refractivity contribution is -0.0115. The van der Waals surface area contributed by atoms with Crippen LogP contribution < -0.4 is 14.8 Å². The Morgan fingerprint density at radius 1 is 1.04 bits per heavy atom. The molecule has 0 unspecified atom stereocenters. The number of amides is 3. The number of ether oxygens (including phenoxy) is 2. The van der Waals surface area contributed by atoms with Crippen molar-refractivity contribution in [2.75, 3.05) is 43.4 Å². The number of carbonyl (C=O) groups excluding carboxylic acids is 2. The van der Waals surface area contributed by atoms with Crippen LogP contribution in [0.25, 0.3) is 10.8 Å². The van der Waals surface area contributed by atoms with Gasteiger partial charge in [-0.2, -0.15) is 0 Å². The summed E-state index contributed by atoms with van der Waals surface area (Å²) in [6, 6.07) is 21.5. The number of halogens is 1. The number of nitrogens with one attached hydrogen (secondary N) is 2. The number of carbonyl (C=O) groups is 2. The predicted molar refractivity (Wildman–Crippen MR) is 200 cm³/mol. The minimum Gasteiger partial charge on any atom is -0.490 e. The summed E-state index contributed by atoms with van der Waals surface area (Å²) in [5.41, 5.74) is 0.913. The largest absolute Gasteiger partial charge is 0.490 e. The number of fused-ring (bicyclic) bond motifs is 2. The normalized spacial score (nSPS) is 19.5. The van der Waals surface area contributed by atoms with E-state index in [0.717, 1.165) is 47.9 Å². The quantitative estimate of drug-likeness (QED) is 0.182. The van der Waals surface area contributed by atoms with E-state index in [1.54, 1.807) is 24.9 Å². The minimum atomic E-state index is -4.11. The maximum atomic E-state index is 14.4. The van der Waals surface area contributed by atoms with Crippen LogP contribution in [0.15, 0.2) is 89.8 Å². The molecule has 0 aliphatic carbocycles. The number of aliphatic hydroxyl groups is 1. The molecule has 3 amide bonds. The zero-order valence-electron chi connectivity index (χ0n) is 29.9. The molecule has 4 atom stereocenters. The molecule has 278 valence electrons. The van der Waals surface area contributed by atoms with E-state index in [4.69, 9.17) is 9.47 Å². The first-order chi connectivity index (χ1) is 24.9. The molecule has 0 saturated carbocycles. The number of sulfonamides is 1. The summed E-state index contributed by atoms with van der Waals surface area (Å²) in [7, 11) is -2.41. The molecule has 1 heterocycles. The first kappa shape index (κ1) is 38.5. The topological polar surface area (TPSA) is 138 Å². The molecule has 4 aromatic carbocycles. The highest BCUT2D eigenvalue weighted by atomic mass is 32.2. The number of nitrogens with zero attached hydrogens (tertiary/aromatic N) is 2. The van der Waals surface area contributed by atoms with E-state index in [1.165, 1.54) is 17.0 Å². The lowest BCUT2D eigenvalue weighted by atomic mass is 10.0. The predicted octanol–water partition coefficient (Wildman–Crippen LogP) is 6.74. The zero-order valence-corrected chi connectivity index (χ0v) is 30.7. The number of anilines is 2. The molecule has 0 radical (unpaired) electrons.